The fraction of sp³-hybridized carbons (Fsp3) is 0.500. The third kappa shape index (κ3) is 1.93. The molecule has 0 saturated carbocycles. The Morgan fingerprint density at radius 1 is 1.65 bits per heavy atom. The highest BCUT2D eigenvalue weighted by Crippen LogP contribution is 2.34. The SMILES string of the molecule is CC(=N)[C@H]1C[C@H](n2cnc3c(=O)[nH]cnc32)O[C@@H]1CO. The van der Waals surface area contributed by atoms with Gasteiger partial charge in [-0.25, -0.2) is 9.97 Å². The molecular weight excluding hydrogens is 262 g/mol. The van der Waals surface area contributed by atoms with Crippen molar-refractivity contribution in [3.05, 3.63) is 23.0 Å². The topological polar surface area (TPSA) is 117 Å². The number of hydrogen-bond acceptors (Lipinski definition) is 6. The number of H-pyrrole nitrogens is 1. The molecule has 3 N–H and O–H groups in total. The van der Waals surface area contributed by atoms with Gasteiger partial charge in [0.1, 0.15) is 6.23 Å². The standard InChI is InChI=1S/C12H15N5O3/c1-6(13)7-2-9(20-8(7)3-18)17-5-16-10-11(17)14-4-15-12(10)19/h4-5,7-9,13,18H,2-3H2,1H3,(H,14,15,19)/t7-,8-,9-/m1/s1. The molecular formula is C12H15N5O3. The van der Waals surface area contributed by atoms with E-state index < -0.39 is 6.10 Å². The van der Waals surface area contributed by atoms with Crippen molar-refractivity contribution in [1.29, 1.82) is 5.41 Å². The van der Waals surface area contributed by atoms with E-state index in [-0.39, 0.29) is 29.8 Å². The van der Waals surface area contributed by atoms with Crippen molar-refractivity contribution < 1.29 is 9.84 Å². The number of aliphatic hydroxyl groups excluding tert-OH is 1. The van der Waals surface area contributed by atoms with Gasteiger partial charge in [0.15, 0.2) is 11.2 Å². The fourth-order valence-corrected chi connectivity index (χ4v) is 2.60. The molecule has 0 spiro atoms. The molecule has 1 aliphatic rings. The van der Waals surface area contributed by atoms with Crippen LogP contribution in [0.1, 0.15) is 19.6 Å². The maximum atomic E-state index is 11.6. The van der Waals surface area contributed by atoms with Crippen molar-refractivity contribution in [2.75, 3.05) is 6.61 Å². The normalized spacial score (nSPS) is 26.2. The van der Waals surface area contributed by atoms with Crippen molar-refractivity contribution in [3.8, 4) is 0 Å². The van der Waals surface area contributed by atoms with E-state index in [1.165, 1.54) is 12.7 Å². The number of nitrogens with zero attached hydrogens (tertiary/aromatic N) is 3. The Morgan fingerprint density at radius 2 is 2.45 bits per heavy atom. The van der Waals surface area contributed by atoms with Crippen molar-refractivity contribution in [1.82, 2.24) is 19.5 Å². The lowest BCUT2D eigenvalue weighted by Gasteiger charge is -2.14. The van der Waals surface area contributed by atoms with Gasteiger partial charge in [-0.1, -0.05) is 0 Å². The van der Waals surface area contributed by atoms with E-state index in [4.69, 9.17) is 10.1 Å². The zero-order chi connectivity index (χ0) is 14.3. The first kappa shape index (κ1) is 12.9. The molecule has 1 aliphatic heterocycles. The van der Waals surface area contributed by atoms with Gasteiger partial charge in [-0.3, -0.25) is 9.36 Å². The van der Waals surface area contributed by atoms with Gasteiger partial charge in [0.25, 0.3) is 5.56 Å². The van der Waals surface area contributed by atoms with Crippen LogP contribution in [0.4, 0.5) is 0 Å². The van der Waals surface area contributed by atoms with Gasteiger partial charge in [-0.05, 0) is 6.92 Å². The Kier molecular flexibility index (Phi) is 3.11. The van der Waals surface area contributed by atoms with Crippen molar-refractivity contribution in [3.63, 3.8) is 0 Å². The summed E-state index contributed by atoms with van der Waals surface area (Å²) in [5.74, 6) is -0.135. The summed E-state index contributed by atoms with van der Waals surface area (Å²) in [5.41, 5.74) is 0.873. The highest BCUT2D eigenvalue weighted by atomic mass is 16.5. The van der Waals surface area contributed by atoms with Crippen LogP contribution in [0.15, 0.2) is 17.4 Å². The minimum absolute atomic E-state index is 0.135. The molecule has 1 fully saturated rings. The second-order valence-electron chi connectivity index (χ2n) is 4.89. The van der Waals surface area contributed by atoms with Crippen molar-refractivity contribution in [2.24, 2.45) is 5.92 Å². The lowest BCUT2D eigenvalue weighted by Crippen LogP contribution is -2.25. The number of ether oxygens (including phenoxy) is 1. The molecule has 106 valence electrons. The van der Waals surface area contributed by atoms with E-state index in [2.05, 4.69) is 15.0 Å². The minimum Gasteiger partial charge on any atom is -0.394 e. The fourth-order valence-electron chi connectivity index (χ4n) is 2.60. The molecule has 0 aromatic carbocycles. The number of aromatic amines is 1. The molecule has 8 nitrogen and oxygen atoms in total. The summed E-state index contributed by atoms with van der Waals surface area (Å²) < 4.78 is 7.43. The number of aliphatic hydroxyl groups is 1. The quantitative estimate of drug-likeness (QED) is 0.685. The van der Waals surface area contributed by atoms with Gasteiger partial charge in [0, 0.05) is 18.1 Å². The number of fused-ring (bicyclic) bond motifs is 1. The molecule has 3 rings (SSSR count). The summed E-state index contributed by atoms with van der Waals surface area (Å²) >= 11 is 0. The van der Waals surface area contributed by atoms with Gasteiger partial charge >= 0.3 is 0 Å². The first-order chi connectivity index (χ1) is 9.61. The Balaban J connectivity index is 1.99. The number of rotatable bonds is 3. The second kappa shape index (κ2) is 4.80. The van der Waals surface area contributed by atoms with Crippen LogP contribution in [-0.2, 0) is 4.74 Å². The minimum atomic E-state index is -0.406. The lowest BCUT2D eigenvalue weighted by atomic mass is 9.96. The summed E-state index contributed by atoms with van der Waals surface area (Å²) in [6, 6.07) is 0. The largest absolute Gasteiger partial charge is 0.394 e. The monoisotopic (exact) mass is 277 g/mol. The van der Waals surface area contributed by atoms with Gasteiger partial charge in [-0.2, -0.15) is 0 Å². The molecule has 2 aromatic heterocycles. The molecule has 0 amide bonds. The zero-order valence-corrected chi connectivity index (χ0v) is 10.9. The Morgan fingerprint density at radius 3 is 3.10 bits per heavy atom. The second-order valence-corrected chi connectivity index (χ2v) is 4.89. The van der Waals surface area contributed by atoms with E-state index in [0.29, 0.717) is 17.8 Å². The van der Waals surface area contributed by atoms with Crippen molar-refractivity contribution in [2.45, 2.75) is 25.7 Å². The first-order valence-corrected chi connectivity index (χ1v) is 6.33. The van der Waals surface area contributed by atoms with Crippen LogP contribution in [-0.4, -0.2) is 43.0 Å². The van der Waals surface area contributed by atoms with E-state index >= 15 is 0 Å². The molecule has 3 heterocycles. The summed E-state index contributed by atoms with van der Waals surface area (Å²) in [7, 11) is 0. The summed E-state index contributed by atoms with van der Waals surface area (Å²) in [5, 5.41) is 17.1. The Hall–Kier alpha value is -2.06. The van der Waals surface area contributed by atoms with Gasteiger partial charge in [0.2, 0.25) is 0 Å². The third-order valence-corrected chi connectivity index (χ3v) is 3.65. The summed E-state index contributed by atoms with van der Waals surface area (Å²) in [6.45, 7) is 1.56. The van der Waals surface area contributed by atoms with E-state index in [0.717, 1.165) is 0 Å². The van der Waals surface area contributed by atoms with E-state index in [1.807, 2.05) is 0 Å². The molecule has 1 saturated heterocycles. The first-order valence-electron chi connectivity index (χ1n) is 6.33. The molecule has 2 aromatic rings. The summed E-state index contributed by atoms with van der Waals surface area (Å²) in [6.07, 6.45) is 2.60. The van der Waals surface area contributed by atoms with Crippen LogP contribution in [0.2, 0.25) is 0 Å². The average Bonchev–Trinajstić information content (AvgIpc) is 3.02. The van der Waals surface area contributed by atoms with Gasteiger partial charge < -0.3 is 20.2 Å². The third-order valence-electron chi connectivity index (χ3n) is 3.65. The van der Waals surface area contributed by atoms with Crippen LogP contribution in [0, 0.1) is 11.3 Å². The highest BCUT2D eigenvalue weighted by Gasteiger charge is 2.37. The molecule has 0 aliphatic carbocycles. The number of hydrogen-bond donors (Lipinski definition) is 3. The highest BCUT2D eigenvalue weighted by molar-refractivity contribution is 5.82. The maximum Gasteiger partial charge on any atom is 0.278 e. The van der Waals surface area contributed by atoms with E-state index in [9.17, 15) is 9.90 Å². The zero-order valence-electron chi connectivity index (χ0n) is 10.9. The van der Waals surface area contributed by atoms with E-state index in [1.54, 1.807) is 11.5 Å². The molecule has 8 heteroatoms. The van der Waals surface area contributed by atoms with Crippen LogP contribution in [0.25, 0.3) is 11.2 Å². The van der Waals surface area contributed by atoms with Crippen LogP contribution < -0.4 is 5.56 Å². The predicted octanol–water partition coefficient (Wildman–Crippen LogP) is 0.0553. The number of nitrogens with one attached hydrogen (secondary N) is 2. The molecule has 20 heavy (non-hydrogen) atoms. The Bertz CT molecular complexity index is 706. The summed E-state index contributed by atoms with van der Waals surface area (Å²) in [4.78, 5) is 22.2. The molecule has 0 bridgehead atoms. The molecule has 0 unspecified atom stereocenters. The number of aromatic nitrogens is 4. The van der Waals surface area contributed by atoms with Crippen LogP contribution >= 0.6 is 0 Å². The van der Waals surface area contributed by atoms with Gasteiger partial charge in [0.05, 0.1) is 25.4 Å². The van der Waals surface area contributed by atoms with Crippen molar-refractivity contribution >= 4 is 16.9 Å². The lowest BCUT2D eigenvalue weighted by molar-refractivity contribution is -0.0246. The maximum absolute atomic E-state index is 11.6. The molecule has 0 radical (unpaired) electrons. The smallest absolute Gasteiger partial charge is 0.278 e. The Labute approximate surface area is 113 Å². The average molecular weight is 277 g/mol. The molecule has 3 atom stereocenters. The predicted molar refractivity (Wildman–Crippen MR) is 70.7 cm³/mol. The van der Waals surface area contributed by atoms with Crippen LogP contribution in [0.3, 0.4) is 0 Å². The number of imidazole rings is 1. The van der Waals surface area contributed by atoms with Crippen LogP contribution in [0.5, 0.6) is 0 Å². The van der Waals surface area contributed by atoms with Gasteiger partial charge in [-0.15, -0.1) is 0 Å².